The molecular weight excluding hydrogens is 629 g/mol. The maximum absolute atomic E-state index is 13.0. The molecule has 244 valence electrons. The van der Waals surface area contributed by atoms with Crippen molar-refractivity contribution in [3.8, 4) is 22.8 Å². The second-order valence-corrected chi connectivity index (χ2v) is 12.8. The van der Waals surface area contributed by atoms with Crippen LogP contribution in [0.1, 0.15) is 61.6 Å². The van der Waals surface area contributed by atoms with E-state index in [9.17, 15) is 22.8 Å². The van der Waals surface area contributed by atoms with Gasteiger partial charge in [0.05, 0.1) is 17.1 Å². The van der Waals surface area contributed by atoms with Crippen molar-refractivity contribution in [2.24, 2.45) is 4.99 Å². The molecule has 1 aliphatic heterocycles. The molecule has 47 heavy (non-hydrogen) atoms. The number of urea groups is 1. The number of amides is 3. The molecule has 1 saturated heterocycles. The third-order valence-electron chi connectivity index (χ3n) is 8.31. The predicted molar refractivity (Wildman–Crippen MR) is 175 cm³/mol. The lowest BCUT2D eigenvalue weighted by atomic mass is 9.95. The predicted octanol–water partition coefficient (Wildman–Crippen LogP) is 7.75. The van der Waals surface area contributed by atoms with Crippen molar-refractivity contribution in [3.05, 3.63) is 89.7 Å². The Morgan fingerprint density at radius 3 is 2.51 bits per heavy atom. The molecule has 1 N–H and O–H groups in total. The Bertz CT molecular complexity index is 1810. The number of hydrogen-bond donors (Lipinski definition) is 1. The second-order valence-electron chi connectivity index (χ2n) is 11.9. The third kappa shape index (κ3) is 7.35. The van der Waals surface area contributed by atoms with E-state index in [2.05, 4.69) is 39.0 Å². The quantitative estimate of drug-likeness (QED) is 0.217. The van der Waals surface area contributed by atoms with Crippen LogP contribution in [0.4, 0.5) is 23.7 Å². The van der Waals surface area contributed by atoms with Crippen LogP contribution in [0.25, 0.3) is 17.1 Å². The number of aromatic nitrogens is 3. The van der Waals surface area contributed by atoms with Crippen LogP contribution in [-0.2, 0) is 4.79 Å². The Hall–Kier alpha value is -4.65. The van der Waals surface area contributed by atoms with Crippen LogP contribution in [0, 0.1) is 6.92 Å². The Morgan fingerprint density at radius 1 is 1.06 bits per heavy atom. The van der Waals surface area contributed by atoms with Gasteiger partial charge < -0.3 is 10.1 Å². The van der Waals surface area contributed by atoms with Crippen molar-refractivity contribution >= 4 is 34.6 Å². The highest BCUT2D eigenvalue weighted by molar-refractivity contribution is 8.15. The highest BCUT2D eigenvalue weighted by Gasteiger charge is 2.34. The maximum atomic E-state index is 13.0. The normalized spacial score (nSPS) is 19.2. The van der Waals surface area contributed by atoms with E-state index in [0.717, 1.165) is 47.2 Å². The lowest BCUT2D eigenvalue weighted by molar-refractivity contribution is -0.274. The molecule has 3 amide bonds. The fourth-order valence-corrected chi connectivity index (χ4v) is 7.09. The number of carbonyl (C=O) groups is 2. The van der Waals surface area contributed by atoms with E-state index in [0.29, 0.717) is 16.7 Å². The number of benzene rings is 3. The van der Waals surface area contributed by atoms with Crippen LogP contribution < -0.4 is 15.0 Å². The summed E-state index contributed by atoms with van der Waals surface area (Å²) in [6, 6.07) is 18.7. The molecule has 2 fully saturated rings. The molecule has 1 aromatic heterocycles. The molecule has 1 saturated carbocycles. The number of thioether (sulfide) groups is 1. The SMILES string of the molecule is Cc1cccc(N2C(=O)CS/C2=N\C(=O)NC2CCC(c3ccc(-c4ncn(-c5ccc(OC(F)(F)F)cc5)n4)cc3)C2)c1C(C)C. The Morgan fingerprint density at radius 2 is 1.81 bits per heavy atom. The zero-order valence-corrected chi connectivity index (χ0v) is 26.8. The van der Waals surface area contributed by atoms with E-state index in [1.807, 2.05) is 49.4 Å². The minimum absolute atomic E-state index is 0.0393. The van der Waals surface area contributed by atoms with Gasteiger partial charge in [-0.05, 0) is 85.0 Å². The summed E-state index contributed by atoms with van der Waals surface area (Å²) in [6.07, 6.45) is -0.771. The number of aliphatic imine (C=N–C) groups is 1. The monoisotopic (exact) mass is 662 g/mol. The van der Waals surface area contributed by atoms with E-state index < -0.39 is 12.4 Å². The number of aryl methyl sites for hydroxylation is 1. The van der Waals surface area contributed by atoms with E-state index >= 15 is 0 Å². The van der Waals surface area contributed by atoms with Gasteiger partial charge in [-0.2, -0.15) is 4.99 Å². The number of halogens is 3. The number of rotatable bonds is 7. The van der Waals surface area contributed by atoms with Crippen LogP contribution in [0.15, 0.2) is 78.0 Å². The van der Waals surface area contributed by atoms with E-state index in [1.165, 1.54) is 47.0 Å². The molecule has 2 aliphatic rings. The van der Waals surface area contributed by atoms with Crippen molar-refractivity contribution in [2.75, 3.05) is 10.7 Å². The Labute approximate surface area is 274 Å². The molecular formula is C34H33F3N6O3S. The molecule has 2 atom stereocenters. The standard InChI is InChI=1S/C34H33F3N6O3S/c1-20(2)30-21(3)5-4-6-28(30)43-29(44)18-47-33(43)40-32(45)39-25-12-11-24(17-25)22-7-9-23(10-8-22)31-38-19-42(41-31)26-13-15-27(16-14-26)46-34(35,36)37/h4-10,13-16,19-20,24-25H,11-12,17-18H2,1-3H3,(H,39,45)/b40-33-. The van der Waals surface area contributed by atoms with Crippen molar-refractivity contribution in [2.45, 2.75) is 64.3 Å². The van der Waals surface area contributed by atoms with Crippen molar-refractivity contribution < 1.29 is 27.5 Å². The van der Waals surface area contributed by atoms with Crippen molar-refractivity contribution in [1.29, 1.82) is 0 Å². The summed E-state index contributed by atoms with van der Waals surface area (Å²) < 4.78 is 42.8. The van der Waals surface area contributed by atoms with Gasteiger partial charge in [-0.25, -0.2) is 14.5 Å². The molecule has 3 aromatic carbocycles. The van der Waals surface area contributed by atoms with E-state index in [4.69, 9.17) is 0 Å². The topological polar surface area (TPSA) is 102 Å². The maximum Gasteiger partial charge on any atom is 0.573 e. The van der Waals surface area contributed by atoms with Crippen molar-refractivity contribution in [3.63, 3.8) is 0 Å². The van der Waals surface area contributed by atoms with Crippen molar-refractivity contribution in [1.82, 2.24) is 20.1 Å². The van der Waals surface area contributed by atoms with Gasteiger partial charge >= 0.3 is 12.4 Å². The molecule has 13 heteroatoms. The van der Waals surface area contributed by atoms with Crippen LogP contribution in [0.5, 0.6) is 5.75 Å². The first-order chi connectivity index (χ1) is 22.4. The minimum Gasteiger partial charge on any atom is -0.406 e. The smallest absolute Gasteiger partial charge is 0.406 e. The molecule has 9 nitrogen and oxygen atoms in total. The van der Waals surface area contributed by atoms with Gasteiger partial charge in [-0.1, -0.05) is 62.0 Å². The molecule has 2 heterocycles. The van der Waals surface area contributed by atoms with Gasteiger partial charge in [0.2, 0.25) is 5.91 Å². The third-order valence-corrected chi connectivity index (χ3v) is 9.23. The summed E-state index contributed by atoms with van der Waals surface area (Å²) in [7, 11) is 0. The molecule has 1 aliphatic carbocycles. The largest absolute Gasteiger partial charge is 0.573 e. The summed E-state index contributed by atoms with van der Waals surface area (Å²) in [5.74, 6) is 0.774. The number of nitrogens with one attached hydrogen (secondary N) is 1. The molecule has 0 bridgehead atoms. The second kappa shape index (κ2) is 13.2. The lowest BCUT2D eigenvalue weighted by Gasteiger charge is -2.23. The van der Waals surface area contributed by atoms with Gasteiger partial charge in [-0.15, -0.1) is 18.3 Å². The van der Waals surface area contributed by atoms with Gasteiger partial charge in [0.1, 0.15) is 12.1 Å². The summed E-state index contributed by atoms with van der Waals surface area (Å²) >= 11 is 1.28. The van der Waals surface area contributed by atoms with Gasteiger partial charge in [-0.3, -0.25) is 9.69 Å². The lowest BCUT2D eigenvalue weighted by Crippen LogP contribution is -2.34. The Kier molecular flexibility index (Phi) is 9.09. The summed E-state index contributed by atoms with van der Waals surface area (Å²) in [5, 5.41) is 7.92. The van der Waals surface area contributed by atoms with E-state index in [1.54, 1.807) is 4.90 Å². The number of ether oxygens (including phenoxy) is 1. The summed E-state index contributed by atoms with van der Waals surface area (Å²) in [5.41, 5.74) is 5.42. The minimum atomic E-state index is -4.75. The molecule has 0 radical (unpaired) electrons. The van der Waals surface area contributed by atoms with Crippen LogP contribution >= 0.6 is 11.8 Å². The zero-order valence-electron chi connectivity index (χ0n) is 26.0. The van der Waals surface area contributed by atoms with Gasteiger partial charge in [0.15, 0.2) is 11.0 Å². The van der Waals surface area contributed by atoms with E-state index in [-0.39, 0.29) is 35.3 Å². The first-order valence-electron chi connectivity index (χ1n) is 15.3. The highest BCUT2D eigenvalue weighted by Crippen LogP contribution is 2.37. The first kappa shape index (κ1) is 32.3. The first-order valence-corrected chi connectivity index (χ1v) is 16.3. The average Bonchev–Trinajstić information content (AvgIpc) is 3.77. The zero-order chi connectivity index (χ0) is 33.3. The fourth-order valence-electron chi connectivity index (χ4n) is 6.23. The number of nitrogens with zero attached hydrogens (tertiary/aromatic N) is 5. The highest BCUT2D eigenvalue weighted by atomic mass is 32.2. The van der Waals surface area contributed by atoms with Crippen LogP contribution in [0.2, 0.25) is 0 Å². The van der Waals surface area contributed by atoms with Gasteiger partial charge in [0.25, 0.3) is 0 Å². The van der Waals surface area contributed by atoms with Crippen LogP contribution in [0.3, 0.4) is 0 Å². The van der Waals surface area contributed by atoms with Gasteiger partial charge in [0, 0.05) is 11.6 Å². The fraction of sp³-hybridized carbons (Fsp3) is 0.324. The summed E-state index contributed by atoms with van der Waals surface area (Å²) in [4.78, 5) is 36.2. The number of amidine groups is 1. The molecule has 4 aromatic rings. The number of hydrogen-bond acceptors (Lipinski definition) is 6. The van der Waals surface area contributed by atoms with Crippen LogP contribution in [-0.4, -0.2) is 50.0 Å². The molecule has 0 spiro atoms. The average molecular weight is 663 g/mol. The molecule has 6 rings (SSSR count). The number of carbonyl (C=O) groups excluding carboxylic acids is 2. The molecule has 2 unspecified atom stereocenters. The number of anilines is 1. The summed E-state index contributed by atoms with van der Waals surface area (Å²) in [6.45, 7) is 6.20. The number of alkyl halides is 3. The Balaban J connectivity index is 1.07.